The Morgan fingerprint density at radius 3 is 1.22 bits per heavy atom. The van der Waals surface area contributed by atoms with Crippen molar-refractivity contribution in [3.8, 4) is 11.5 Å². The molecule has 121 valence electrons. The second-order valence-electron chi connectivity index (χ2n) is 3.93. The Hall–Kier alpha value is -2.46. The fourth-order valence-electron chi connectivity index (χ4n) is 1.40. The summed E-state index contributed by atoms with van der Waals surface area (Å²) in [6.45, 7) is 0. The zero-order valence-electron chi connectivity index (χ0n) is 10.6. The number of hydrogen-bond donors (Lipinski definition) is 0. The first-order valence-corrected chi connectivity index (χ1v) is 5.55. The molecule has 2 aromatic carbocycles. The standard InChI is InChI=1S/C12H2BF8O2/c14-3-1-5(9(18)11(20)7(3)16)22-13-23-6-2-4(15)8(17)12(21)10(6)19/h1-2H. The summed E-state index contributed by atoms with van der Waals surface area (Å²) >= 11 is 0. The van der Waals surface area contributed by atoms with Gasteiger partial charge in [-0.3, -0.25) is 0 Å². The maximum Gasteiger partial charge on any atom is 0.658 e. The van der Waals surface area contributed by atoms with Crippen LogP contribution in [-0.2, 0) is 0 Å². The Labute approximate surface area is 123 Å². The molecule has 11 heteroatoms. The Morgan fingerprint density at radius 1 is 0.522 bits per heavy atom. The summed E-state index contributed by atoms with van der Waals surface area (Å²) in [6.07, 6.45) is 0. The van der Waals surface area contributed by atoms with Crippen molar-refractivity contribution >= 4 is 7.69 Å². The normalized spacial score (nSPS) is 10.6. The van der Waals surface area contributed by atoms with Gasteiger partial charge >= 0.3 is 7.69 Å². The third kappa shape index (κ3) is 3.17. The molecular formula is C12H2BF8O2. The minimum absolute atomic E-state index is 0.0460. The minimum Gasteiger partial charge on any atom is -0.524 e. The smallest absolute Gasteiger partial charge is 0.524 e. The Morgan fingerprint density at radius 2 is 0.870 bits per heavy atom. The molecule has 1 radical (unpaired) electrons. The third-order valence-corrected chi connectivity index (χ3v) is 2.49. The number of benzene rings is 2. The summed E-state index contributed by atoms with van der Waals surface area (Å²) in [5.74, 6) is -18.4. The van der Waals surface area contributed by atoms with E-state index in [1.807, 2.05) is 0 Å². The van der Waals surface area contributed by atoms with Gasteiger partial charge in [0, 0.05) is 12.1 Å². The Balaban J connectivity index is 2.15. The summed E-state index contributed by atoms with van der Waals surface area (Å²) in [4.78, 5) is 0. The lowest BCUT2D eigenvalue weighted by Crippen LogP contribution is -2.15. The summed E-state index contributed by atoms with van der Waals surface area (Å²) in [5.41, 5.74) is 0. The predicted molar refractivity (Wildman–Crippen MR) is 59.6 cm³/mol. The summed E-state index contributed by atoms with van der Waals surface area (Å²) in [6, 6.07) is 0.214. The molecule has 0 amide bonds. The SMILES string of the molecule is Fc1cc(O[B]Oc2cc(F)c(F)c(F)c2F)c(F)c(F)c1F. The fourth-order valence-corrected chi connectivity index (χ4v) is 1.40. The molecule has 0 aliphatic rings. The van der Waals surface area contributed by atoms with Gasteiger partial charge in [-0.2, -0.15) is 8.78 Å². The van der Waals surface area contributed by atoms with E-state index in [-0.39, 0.29) is 19.8 Å². The van der Waals surface area contributed by atoms with Gasteiger partial charge in [0.2, 0.25) is 23.3 Å². The van der Waals surface area contributed by atoms with Gasteiger partial charge in [0.05, 0.1) is 0 Å². The highest BCUT2D eigenvalue weighted by molar-refractivity contribution is 6.20. The van der Waals surface area contributed by atoms with Crippen molar-refractivity contribution in [1.82, 2.24) is 0 Å². The molecule has 0 saturated heterocycles. The van der Waals surface area contributed by atoms with E-state index in [2.05, 4.69) is 9.31 Å². The summed E-state index contributed by atoms with van der Waals surface area (Å²) in [7, 11) is 0.0460. The van der Waals surface area contributed by atoms with E-state index in [1.165, 1.54) is 0 Å². The van der Waals surface area contributed by atoms with Crippen molar-refractivity contribution in [3.05, 3.63) is 58.7 Å². The van der Waals surface area contributed by atoms with Crippen LogP contribution in [-0.4, -0.2) is 7.69 Å². The molecule has 0 aliphatic carbocycles. The highest BCUT2D eigenvalue weighted by Crippen LogP contribution is 2.26. The van der Waals surface area contributed by atoms with E-state index < -0.39 is 58.0 Å². The van der Waals surface area contributed by atoms with E-state index in [9.17, 15) is 35.1 Å². The van der Waals surface area contributed by atoms with Crippen LogP contribution in [0, 0.1) is 46.5 Å². The summed E-state index contributed by atoms with van der Waals surface area (Å²) < 4.78 is 112. The molecule has 0 fully saturated rings. The second kappa shape index (κ2) is 6.35. The lowest BCUT2D eigenvalue weighted by Gasteiger charge is -2.10. The Bertz CT molecular complexity index is 704. The maximum atomic E-state index is 13.2. The number of hydrogen-bond acceptors (Lipinski definition) is 2. The zero-order chi connectivity index (χ0) is 17.3. The van der Waals surface area contributed by atoms with Gasteiger partial charge in [0.25, 0.3) is 0 Å². The van der Waals surface area contributed by atoms with Crippen LogP contribution in [0.5, 0.6) is 11.5 Å². The predicted octanol–water partition coefficient (Wildman–Crippen LogP) is 3.79. The first-order valence-electron chi connectivity index (χ1n) is 5.55. The van der Waals surface area contributed by atoms with Gasteiger partial charge in [0.15, 0.2) is 23.3 Å². The molecule has 0 spiro atoms. The molecule has 0 bridgehead atoms. The lowest BCUT2D eigenvalue weighted by atomic mass is 10.2. The molecule has 2 nitrogen and oxygen atoms in total. The van der Waals surface area contributed by atoms with Crippen LogP contribution in [0.1, 0.15) is 0 Å². The molecule has 0 heterocycles. The van der Waals surface area contributed by atoms with Gasteiger partial charge < -0.3 is 9.31 Å². The molecule has 2 rings (SSSR count). The van der Waals surface area contributed by atoms with Crippen molar-refractivity contribution in [2.24, 2.45) is 0 Å². The van der Waals surface area contributed by atoms with Crippen molar-refractivity contribution in [2.75, 3.05) is 0 Å². The quantitative estimate of drug-likeness (QED) is 0.365. The van der Waals surface area contributed by atoms with Crippen LogP contribution in [0.25, 0.3) is 0 Å². The molecule has 2 aromatic rings. The number of halogens is 8. The van der Waals surface area contributed by atoms with Crippen molar-refractivity contribution < 1.29 is 44.4 Å². The van der Waals surface area contributed by atoms with E-state index >= 15 is 0 Å². The molecule has 0 saturated carbocycles. The molecule has 0 aliphatic heterocycles. The first-order chi connectivity index (χ1) is 10.7. The van der Waals surface area contributed by atoms with Crippen molar-refractivity contribution in [2.45, 2.75) is 0 Å². The summed E-state index contributed by atoms with van der Waals surface area (Å²) in [5, 5.41) is 0. The van der Waals surface area contributed by atoms with Gasteiger partial charge in [-0.15, -0.1) is 0 Å². The molecule has 0 atom stereocenters. The molecule has 23 heavy (non-hydrogen) atoms. The highest BCUT2D eigenvalue weighted by Gasteiger charge is 2.23. The third-order valence-electron chi connectivity index (χ3n) is 2.49. The number of rotatable bonds is 4. The average molecular weight is 341 g/mol. The fraction of sp³-hybridized carbons (Fsp3) is 0. The van der Waals surface area contributed by atoms with E-state index in [0.29, 0.717) is 0 Å². The van der Waals surface area contributed by atoms with E-state index in [4.69, 9.17) is 0 Å². The van der Waals surface area contributed by atoms with Crippen LogP contribution in [0.15, 0.2) is 12.1 Å². The van der Waals surface area contributed by atoms with Crippen molar-refractivity contribution in [3.63, 3.8) is 0 Å². The van der Waals surface area contributed by atoms with Crippen LogP contribution >= 0.6 is 0 Å². The average Bonchev–Trinajstić information content (AvgIpc) is 2.52. The van der Waals surface area contributed by atoms with Gasteiger partial charge in [0.1, 0.15) is 11.5 Å². The van der Waals surface area contributed by atoms with Gasteiger partial charge in [-0.1, -0.05) is 0 Å². The van der Waals surface area contributed by atoms with Gasteiger partial charge in [-0.05, 0) is 0 Å². The van der Waals surface area contributed by atoms with Crippen LogP contribution in [0.4, 0.5) is 35.1 Å². The zero-order valence-corrected chi connectivity index (χ0v) is 10.6. The van der Waals surface area contributed by atoms with Crippen LogP contribution in [0.2, 0.25) is 0 Å². The Kier molecular flexibility index (Phi) is 4.67. The maximum absolute atomic E-state index is 13.2. The van der Waals surface area contributed by atoms with E-state index in [0.717, 1.165) is 0 Å². The molecular weight excluding hydrogens is 339 g/mol. The second-order valence-corrected chi connectivity index (χ2v) is 3.93. The monoisotopic (exact) mass is 341 g/mol. The van der Waals surface area contributed by atoms with Gasteiger partial charge in [-0.25, -0.2) is 26.3 Å². The molecule has 0 N–H and O–H groups in total. The highest BCUT2D eigenvalue weighted by atomic mass is 19.2. The topological polar surface area (TPSA) is 18.5 Å². The van der Waals surface area contributed by atoms with Crippen LogP contribution < -0.4 is 9.31 Å². The minimum atomic E-state index is -2.18. The first kappa shape index (κ1) is 16.9. The lowest BCUT2D eigenvalue weighted by molar-refractivity contribution is 0.361. The largest absolute Gasteiger partial charge is 0.658 e. The molecule has 0 unspecified atom stereocenters. The molecule has 0 aromatic heterocycles. The van der Waals surface area contributed by atoms with E-state index in [1.54, 1.807) is 0 Å². The van der Waals surface area contributed by atoms with Crippen LogP contribution in [0.3, 0.4) is 0 Å². The van der Waals surface area contributed by atoms with Crippen molar-refractivity contribution in [1.29, 1.82) is 0 Å².